The highest BCUT2D eigenvalue weighted by molar-refractivity contribution is 6.29. The lowest BCUT2D eigenvalue weighted by Crippen LogP contribution is -2.45. The van der Waals surface area contributed by atoms with Crippen LogP contribution in [0.1, 0.15) is 11.1 Å². The highest BCUT2D eigenvalue weighted by Crippen LogP contribution is 2.12. The van der Waals surface area contributed by atoms with E-state index in [1.54, 1.807) is 12.3 Å². The lowest BCUT2D eigenvalue weighted by molar-refractivity contribution is 0.122. The molecule has 4 nitrogen and oxygen atoms in total. The number of aromatic nitrogens is 2. The van der Waals surface area contributed by atoms with Crippen molar-refractivity contribution in [3.8, 4) is 0 Å². The van der Waals surface area contributed by atoms with E-state index in [1.165, 1.54) is 11.8 Å². The van der Waals surface area contributed by atoms with Crippen LogP contribution >= 0.6 is 11.6 Å². The van der Waals surface area contributed by atoms with E-state index in [9.17, 15) is 4.39 Å². The van der Waals surface area contributed by atoms with Crippen molar-refractivity contribution in [3.05, 3.63) is 58.9 Å². The molecule has 22 heavy (non-hydrogen) atoms. The van der Waals surface area contributed by atoms with E-state index in [1.807, 2.05) is 18.3 Å². The topological polar surface area (TPSA) is 32.3 Å². The molecule has 0 radical (unpaired) electrons. The van der Waals surface area contributed by atoms with Crippen molar-refractivity contribution in [1.82, 2.24) is 19.8 Å². The van der Waals surface area contributed by atoms with Crippen LogP contribution in [0.25, 0.3) is 0 Å². The molecule has 3 rings (SSSR count). The van der Waals surface area contributed by atoms with Crippen molar-refractivity contribution in [2.45, 2.75) is 13.1 Å². The molecule has 0 unspecified atom stereocenters. The van der Waals surface area contributed by atoms with Gasteiger partial charge in [0.05, 0.1) is 6.20 Å². The standard InChI is InChI=1S/C16H18ClFN4/c17-16-2-1-13(9-20-16)11-21-3-5-22(6-4-21)12-14-7-15(18)10-19-8-14/h1-2,7-10H,3-6,11-12H2. The van der Waals surface area contributed by atoms with Gasteiger partial charge < -0.3 is 0 Å². The van der Waals surface area contributed by atoms with Gasteiger partial charge in [-0.05, 0) is 23.3 Å². The van der Waals surface area contributed by atoms with Crippen LogP contribution in [0.15, 0.2) is 36.8 Å². The number of hydrogen-bond acceptors (Lipinski definition) is 4. The van der Waals surface area contributed by atoms with E-state index >= 15 is 0 Å². The van der Waals surface area contributed by atoms with Crippen molar-refractivity contribution in [3.63, 3.8) is 0 Å². The first-order valence-electron chi connectivity index (χ1n) is 7.33. The number of pyridine rings is 2. The second-order valence-electron chi connectivity index (χ2n) is 5.55. The van der Waals surface area contributed by atoms with Crippen molar-refractivity contribution in [2.24, 2.45) is 0 Å². The summed E-state index contributed by atoms with van der Waals surface area (Å²) in [5.74, 6) is -0.272. The Bertz CT molecular complexity index is 612. The first kappa shape index (κ1) is 15.3. The molecule has 116 valence electrons. The molecule has 1 aliphatic heterocycles. The van der Waals surface area contributed by atoms with E-state index in [2.05, 4.69) is 19.8 Å². The van der Waals surface area contributed by atoms with Crippen LogP contribution in [0.3, 0.4) is 0 Å². The molecule has 0 aliphatic carbocycles. The smallest absolute Gasteiger partial charge is 0.141 e. The van der Waals surface area contributed by atoms with Crippen LogP contribution in [0.2, 0.25) is 5.15 Å². The predicted molar refractivity (Wildman–Crippen MR) is 84.0 cm³/mol. The first-order chi connectivity index (χ1) is 10.7. The maximum absolute atomic E-state index is 13.1. The first-order valence-corrected chi connectivity index (χ1v) is 7.71. The minimum Gasteiger partial charge on any atom is -0.296 e. The Morgan fingerprint density at radius 2 is 1.64 bits per heavy atom. The molecule has 3 heterocycles. The molecule has 0 aromatic carbocycles. The number of halogens is 2. The molecular formula is C16H18ClFN4. The van der Waals surface area contributed by atoms with Gasteiger partial charge in [-0.25, -0.2) is 9.37 Å². The lowest BCUT2D eigenvalue weighted by Gasteiger charge is -2.34. The van der Waals surface area contributed by atoms with Crippen LogP contribution in [-0.2, 0) is 13.1 Å². The predicted octanol–water partition coefficient (Wildman–Crippen LogP) is 2.59. The summed E-state index contributed by atoms with van der Waals surface area (Å²) < 4.78 is 13.1. The molecule has 0 N–H and O–H groups in total. The minimum absolute atomic E-state index is 0.272. The zero-order valence-electron chi connectivity index (χ0n) is 12.3. The maximum atomic E-state index is 13.1. The number of piperazine rings is 1. The fourth-order valence-corrected chi connectivity index (χ4v) is 2.78. The zero-order valence-corrected chi connectivity index (χ0v) is 13.0. The second kappa shape index (κ2) is 7.13. The third kappa shape index (κ3) is 4.22. The monoisotopic (exact) mass is 320 g/mol. The normalized spacial score (nSPS) is 16.8. The second-order valence-corrected chi connectivity index (χ2v) is 5.94. The molecule has 0 bridgehead atoms. The van der Waals surface area contributed by atoms with Gasteiger partial charge in [0, 0.05) is 51.7 Å². The van der Waals surface area contributed by atoms with Crippen molar-refractivity contribution in [1.29, 1.82) is 0 Å². The van der Waals surface area contributed by atoms with Gasteiger partial charge in [-0.1, -0.05) is 17.7 Å². The Labute approximate surface area is 134 Å². The van der Waals surface area contributed by atoms with Gasteiger partial charge in [0.25, 0.3) is 0 Å². The highest BCUT2D eigenvalue weighted by Gasteiger charge is 2.17. The van der Waals surface area contributed by atoms with Crippen molar-refractivity contribution in [2.75, 3.05) is 26.2 Å². The molecule has 0 atom stereocenters. The number of nitrogens with zero attached hydrogens (tertiary/aromatic N) is 4. The van der Waals surface area contributed by atoms with Crippen LogP contribution < -0.4 is 0 Å². The Hall–Kier alpha value is -1.56. The van der Waals surface area contributed by atoms with Crippen LogP contribution in [0, 0.1) is 5.82 Å². The average molecular weight is 321 g/mol. The summed E-state index contributed by atoms with van der Waals surface area (Å²) in [6, 6.07) is 5.39. The summed E-state index contributed by atoms with van der Waals surface area (Å²) in [5, 5.41) is 0.525. The fraction of sp³-hybridized carbons (Fsp3) is 0.375. The quantitative estimate of drug-likeness (QED) is 0.811. The summed E-state index contributed by atoms with van der Waals surface area (Å²) in [5.41, 5.74) is 2.10. The fourth-order valence-electron chi connectivity index (χ4n) is 2.66. The summed E-state index contributed by atoms with van der Waals surface area (Å²) in [7, 11) is 0. The minimum atomic E-state index is -0.272. The van der Waals surface area contributed by atoms with E-state index in [-0.39, 0.29) is 5.82 Å². The molecule has 2 aromatic rings. The van der Waals surface area contributed by atoms with Crippen molar-refractivity contribution < 1.29 is 4.39 Å². The third-order valence-electron chi connectivity index (χ3n) is 3.83. The lowest BCUT2D eigenvalue weighted by atomic mass is 10.2. The largest absolute Gasteiger partial charge is 0.296 e. The molecule has 1 saturated heterocycles. The molecule has 0 saturated carbocycles. The highest BCUT2D eigenvalue weighted by atomic mass is 35.5. The molecule has 1 fully saturated rings. The zero-order chi connectivity index (χ0) is 15.4. The van der Waals surface area contributed by atoms with Gasteiger partial charge >= 0.3 is 0 Å². The van der Waals surface area contributed by atoms with Crippen LogP contribution in [-0.4, -0.2) is 45.9 Å². The van der Waals surface area contributed by atoms with Gasteiger partial charge in [-0.3, -0.25) is 14.8 Å². The SMILES string of the molecule is Fc1cncc(CN2CCN(Cc3ccc(Cl)nc3)CC2)c1. The molecule has 0 spiro atoms. The summed E-state index contributed by atoms with van der Waals surface area (Å²) in [6.45, 7) is 5.56. The van der Waals surface area contributed by atoms with Gasteiger partial charge in [0.1, 0.15) is 11.0 Å². The van der Waals surface area contributed by atoms with Gasteiger partial charge in [-0.2, -0.15) is 0 Å². The number of rotatable bonds is 4. The summed E-state index contributed by atoms with van der Waals surface area (Å²) >= 11 is 5.80. The Morgan fingerprint density at radius 3 is 2.23 bits per heavy atom. The molecule has 1 aliphatic rings. The van der Waals surface area contributed by atoms with E-state index in [4.69, 9.17) is 11.6 Å². The van der Waals surface area contributed by atoms with Crippen LogP contribution in [0.4, 0.5) is 4.39 Å². The van der Waals surface area contributed by atoms with Crippen LogP contribution in [0.5, 0.6) is 0 Å². The van der Waals surface area contributed by atoms with E-state index in [0.717, 1.165) is 44.8 Å². The molecular weight excluding hydrogens is 303 g/mol. The van der Waals surface area contributed by atoms with Gasteiger partial charge in [0.2, 0.25) is 0 Å². The van der Waals surface area contributed by atoms with E-state index in [0.29, 0.717) is 5.15 Å². The summed E-state index contributed by atoms with van der Waals surface area (Å²) in [6.07, 6.45) is 4.80. The number of hydrogen-bond donors (Lipinski definition) is 0. The maximum Gasteiger partial charge on any atom is 0.141 e. The Morgan fingerprint density at radius 1 is 0.955 bits per heavy atom. The van der Waals surface area contributed by atoms with E-state index < -0.39 is 0 Å². The molecule has 6 heteroatoms. The van der Waals surface area contributed by atoms with Gasteiger partial charge in [0.15, 0.2) is 0 Å². The average Bonchev–Trinajstić information content (AvgIpc) is 2.52. The summed E-state index contributed by atoms with van der Waals surface area (Å²) in [4.78, 5) is 12.7. The Balaban J connectivity index is 1.49. The molecule has 2 aromatic heterocycles. The molecule has 0 amide bonds. The Kier molecular flexibility index (Phi) is 4.97. The third-order valence-corrected chi connectivity index (χ3v) is 4.05. The van der Waals surface area contributed by atoms with Gasteiger partial charge in [-0.15, -0.1) is 0 Å². The van der Waals surface area contributed by atoms with Crippen molar-refractivity contribution >= 4 is 11.6 Å².